The summed E-state index contributed by atoms with van der Waals surface area (Å²) in [7, 11) is 3.22. The van der Waals surface area contributed by atoms with E-state index in [0.29, 0.717) is 22.3 Å². The molecule has 1 heterocycles. The third-order valence-corrected chi connectivity index (χ3v) is 4.50. The molecule has 0 fully saturated rings. The van der Waals surface area contributed by atoms with Gasteiger partial charge in [-0.15, -0.1) is 5.10 Å². The van der Waals surface area contributed by atoms with E-state index >= 15 is 0 Å². The Morgan fingerprint density at radius 3 is 2.60 bits per heavy atom. The summed E-state index contributed by atoms with van der Waals surface area (Å²) in [6, 6.07) is 15.1. The van der Waals surface area contributed by atoms with Crippen LogP contribution in [-0.2, 0) is 5.75 Å². The Bertz CT molecular complexity index is 900. The van der Waals surface area contributed by atoms with E-state index in [4.69, 9.17) is 14.7 Å². The lowest BCUT2D eigenvalue weighted by Crippen LogP contribution is -1.91. The van der Waals surface area contributed by atoms with Gasteiger partial charge in [0.15, 0.2) is 5.82 Å². The first-order valence-electron chi connectivity index (χ1n) is 7.50. The molecule has 7 heteroatoms. The molecule has 25 heavy (non-hydrogen) atoms. The van der Waals surface area contributed by atoms with Crippen molar-refractivity contribution in [3.8, 4) is 29.0 Å². The van der Waals surface area contributed by atoms with E-state index in [9.17, 15) is 0 Å². The minimum atomic E-state index is 0.641. The van der Waals surface area contributed by atoms with Crippen LogP contribution < -0.4 is 9.47 Å². The summed E-state index contributed by atoms with van der Waals surface area (Å²) in [5, 5.41) is 16.7. The maximum Gasteiger partial charge on any atom is 0.209 e. The SMILES string of the molecule is COc1ccc(-c2nc(SCc3ccc(C#N)cc3)n[nH]2)c(OC)c1. The van der Waals surface area contributed by atoms with Gasteiger partial charge in [-0.2, -0.15) is 5.26 Å². The molecule has 0 saturated carbocycles. The number of rotatable bonds is 6. The number of benzene rings is 2. The van der Waals surface area contributed by atoms with Crippen LogP contribution in [0.3, 0.4) is 0 Å². The molecular formula is C18H16N4O2S. The van der Waals surface area contributed by atoms with Crippen LogP contribution in [0.25, 0.3) is 11.4 Å². The fraction of sp³-hybridized carbons (Fsp3) is 0.167. The maximum absolute atomic E-state index is 8.83. The molecular weight excluding hydrogens is 336 g/mol. The number of hydrogen-bond donors (Lipinski definition) is 1. The second-order valence-corrected chi connectivity index (χ2v) is 6.07. The summed E-state index contributed by atoms with van der Waals surface area (Å²) in [4.78, 5) is 4.52. The van der Waals surface area contributed by atoms with E-state index in [0.717, 1.165) is 22.6 Å². The fourth-order valence-corrected chi connectivity index (χ4v) is 3.00. The maximum atomic E-state index is 8.83. The molecule has 0 atom stereocenters. The summed E-state index contributed by atoms with van der Waals surface area (Å²) >= 11 is 1.52. The number of ether oxygens (including phenoxy) is 2. The Kier molecular flexibility index (Phi) is 5.21. The van der Waals surface area contributed by atoms with Crippen LogP contribution in [0.4, 0.5) is 0 Å². The van der Waals surface area contributed by atoms with Crippen molar-refractivity contribution in [1.82, 2.24) is 15.2 Å². The average Bonchev–Trinajstić information content (AvgIpc) is 3.15. The van der Waals surface area contributed by atoms with Crippen LogP contribution >= 0.6 is 11.8 Å². The van der Waals surface area contributed by atoms with Crippen LogP contribution in [0, 0.1) is 11.3 Å². The largest absolute Gasteiger partial charge is 0.497 e. The highest BCUT2D eigenvalue weighted by Crippen LogP contribution is 2.32. The fourth-order valence-electron chi connectivity index (χ4n) is 2.25. The molecule has 0 radical (unpaired) electrons. The van der Waals surface area contributed by atoms with Gasteiger partial charge >= 0.3 is 0 Å². The highest BCUT2D eigenvalue weighted by Gasteiger charge is 2.12. The molecule has 1 N–H and O–H groups in total. The number of H-pyrrole nitrogens is 1. The first-order valence-corrected chi connectivity index (χ1v) is 8.48. The number of aromatic amines is 1. The molecule has 1 aromatic heterocycles. The molecule has 126 valence electrons. The third-order valence-electron chi connectivity index (χ3n) is 3.58. The van der Waals surface area contributed by atoms with Gasteiger partial charge < -0.3 is 9.47 Å². The van der Waals surface area contributed by atoms with Gasteiger partial charge in [-0.05, 0) is 29.8 Å². The molecule has 0 spiro atoms. The van der Waals surface area contributed by atoms with E-state index < -0.39 is 0 Å². The lowest BCUT2D eigenvalue weighted by Gasteiger charge is -2.07. The minimum Gasteiger partial charge on any atom is -0.497 e. The van der Waals surface area contributed by atoms with Crippen LogP contribution in [0.15, 0.2) is 47.6 Å². The highest BCUT2D eigenvalue weighted by atomic mass is 32.2. The summed E-state index contributed by atoms with van der Waals surface area (Å²) in [5.41, 5.74) is 2.58. The van der Waals surface area contributed by atoms with Crippen molar-refractivity contribution in [3.63, 3.8) is 0 Å². The lowest BCUT2D eigenvalue weighted by atomic mass is 10.2. The smallest absolute Gasteiger partial charge is 0.209 e. The standard InChI is InChI=1S/C18H16N4O2S/c1-23-14-7-8-15(16(9-14)24-2)17-20-18(22-21-17)25-11-13-5-3-12(10-19)4-6-13/h3-9H,11H2,1-2H3,(H,20,21,22). The topological polar surface area (TPSA) is 83.8 Å². The highest BCUT2D eigenvalue weighted by molar-refractivity contribution is 7.98. The van der Waals surface area contributed by atoms with Crippen LogP contribution in [0.1, 0.15) is 11.1 Å². The van der Waals surface area contributed by atoms with Crippen LogP contribution in [-0.4, -0.2) is 29.4 Å². The zero-order valence-electron chi connectivity index (χ0n) is 13.8. The molecule has 0 bridgehead atoms. The Morgan fingerprint density at radius 1 is 1.12 bits per heavy atom. The number of methoxy groups -OCH3 is 2. The Balaban J connectivity index is 1.73. The summed E-state index contributed by atoms with van der Waals surface area (Å²) in [5.74, 6) is 2.75. The van der Waals surface area contributed by atoms with Crippen LogP contribution in [0.2, 0.25) is 0 Å². The zero-order valence-corrected chi connectivity index (χ0v) is 14.6. The van der Waals surface area contributed by atoms with E-state index in [-0.39, 0.29) is 0 Å². The van der Waals surface area contributed by atoms with E-state index in [1.165, 1.54) is 11.8 Å². The Hall–Kier alpha value is -2.98. The number of aromatic nitrogens is 3. The normalized spacial score (nSPS) is 10.3. The molecule has 0 amide bonds. The van der Waals surface area contributed by atoms with Crippen molar-refractivity contribution in [2.75, 3.05) is 14.2 Å². The Morgan fingerprint density at radius 2 is 1.92 bits per heavy atom. The van der Waals surface area contributed by atoms with Crippen molar-refractivity contribution in [1.29, 1.82) is 5.26 Å². The molecule has 0 aliphatic heterocycles. The molecule has 0 aliphatic carbocycles. The lowest BCUT2D eigenvalue weighted by molar-refractivity contribution is 0.395. The van der Waals surface area contributed by atoms with Crippen molar-refractivity contribution in [2.24, 2.45) is 0 Å². The van der Waals surface area contributed by atoms with E-state index in [2.05, 4.69) is 21.3 Å². The molecule has 0 unspecified atom stereocenters. The number of nitriles is 1. The van der Waals surface area contributed by atoms with Gasteiger partial charge in [0, 0.05) is 11.8 Å². The minimum absolute atomic E-state index is 0.641. The van der Waals surface area contributed by atoms with Crippen molar-refractivity contribution >= 4 is 11.8 Å². The Labute approximate surface area is 149 Å². The first kappa shape index (κ1) is 16.9. The molecule has 3 rings (SSSR count). The van der Waals surface area contributed by atoms with Gasteiger partial charge in [0.1, 0.15) is 11.5 Å². The van der Waals surface area contributed by atoms with E-state index in [1.54, 1.807) is 20.3 Å². The monoisotopic (exact) mass is 352 g/mol. The summed E-state index contributed by atoms with van der Waals surface area (Å²) in [6.45, 7) is 0. The second-order valence-electron chi connectivity index (χ2n) is 5.13. The zero-order chi connectivity index (χ0) is 17.6. The van der Waals surface area contributed by atoms with Crippen molar-refractivity contribution in [2.45, 2.75) is 10.9 Å². The average molecular weight is 352 g/mol. The van der Waals surface area contributed by atoms with Crippen LogP contribution in [0.5, 0.6) is 11.5 Å². The number of nitrogens with zero attached hydrogens (tertiary/aromatic N) is 3. The number of nitrogens with one attached hydrogen (secondary N) is 1. The molecule has 0 aliphatic rings. The number of hydrogen-bond acceptors (Lipinski definition) is 6. The van der Waals surface area contributed by atoms with Gasteiger partial charge in [0.25, 0.3) is 0 Å². The predicted octanol–water partition coefficient (Wildman–Crippen LogP) is 3.65. The molecule has 2 aromatic carbocycles. The van der Waals surface area contributed by atoms with Gasteiger partial charge in [0.2, 0.25) is 5.16 Å². The van der Waals surface area contributed by atoms with Gasteiger partial charge in [0.05, 0.1) is 31.4 Å². The molecule has 0 saturated heterocycles. The predicted molar refractivity (Wildman–Crippen MR) is 95.6 cm³/mol. The van der Waals surface area contributed by atoms with Crippen molar-refractivity contribution < 1.29 is 9.47 Å². The molecule has 6 nitrogen and oxygen atoms in total. The number of thioether (sulfide) groups is 1. The second kappa shape index (κ2) is 7.73. The molecule has 3 aromatic rings. The summed E-state index contributed by atoms with van der Waals surface area (Å²) < 4.78 is 10.6. The van der Waals surface area contributed by atoms with E-state index in [1.807, 2.05) is 36.4 Å². The van der Waals surface area contributed by atoms with Gasteiger partial charge in [-0.1, -0.05) is 23.9 Å². The summed E-state index contributed by atoms with van der Waals surface area (Å²) in [6.07, 6.45) is 0. The quantitative estimate of drug-likeness (QED) is 0.682. The van der Waals surface area contributed by atoms with Gasteiger partial charge in [-0.3, -0.25) is 5.10 Å². The van der Waals surface area contributed by atoms with Crippen molar-refractivity contribution in [3.05, 3.63) is 53.6 Å². The van der Waals surface area contributed by atoms with Gasteiger partial charge in [-0.25, -0.2) is 4.98 Å². The third kappa shape index (κ3) is 3.92. The first-order chi connectivity index (χ1) is 12.2.